The summed E-state index contributed by atoms with van der Waals surface area (Å²) in [6.45, 7) is 0. The average molecular weight is 261 g/mol. The summed E-state index contributed by atoms with van der Waals surface area (Å²) < 4.78 is 1.77. The van der Waals surface area contributed by atoms with Gasteiger partial charge in [0.25, 0.3) is 5.78 Å². The van der Waals surface area contributed by atoms with E-state index in [1.165, 1.54) is 5.56 Å². The zero-order valence-corrected chi connectivity index (χ0v) is 10.6. The fourth-order valence-corrected chi connectivity index (χ4v) is 2.35. The largest absolute Gasteiger partial charge is 0.256 e. The molecule has 0 saturated heterocycles. The number of imidazole rings is 1. The lowest BCUT2D eigenvalue weighted by molar-refractivity contribution is 0.849. The number of hydrogen-bond donors (Lipinski definition) is 0. The summed E-state index contributed by atoms with van der Waals surface area (Å²) in [6, 6.07) is 10.3. The first-order valence-corrected chi connectivity index (χ1v) is 6.37. The molecule has 5 nitrogen and oxygen atoms in total. The fourth-order valence-electron chi connectivity index (χ4n) is 2.35. The van der Waals surface area contributed by atoms with E-state index >= 15 is 0 Å². The molecule has 20 heavy (non-hydrogen) atoms. The molecule has 0 saturated carbocycles. The first kappa shape index (κ1) is 11.0. The van der Waals surface area contributed by atoms with Crippen molar-refractivity contribution in [3.05, 3.63) is 66.4 Å². The molecule has 3 heterocycles. The van der Waals surface area contributed by atoms with Crippen LogP contribution in [0.2, 0.25) is 0 Å². The van der Waals surface area contributed by atoms with Crippen molar-refractivity contribution in [2.24, 2.45) is 0 Å². The van der Waals surface area contributed by atoms with E-state index in [9.17, 15) is 0 Å². The zero-order chi connectivity index (χ0) is 13.4. The van der Waals surface area contributed by atoms with Crippen LogP contribution in [-0.2, 0) is 6.42 Å². The van der Waals surface area contributed by atoms with Crippen molar-refractivity contribution in [3.8, 4) is 0 Å². The Bertz CT molecular complexity index is 897. The predicted molar refractivity (Wildman–Crippen MR) is 75.3 cm³/mol. The van der Waals surface area contributed by atoms with Crippen LogP contribution in [-0.4, -0.2) is 24.6 Å². The van der Waals surface area contributed by atoms with Crippen LogP contribution in [0.1, 0.15) is 11.3 Å². The number of hydrogen-bond acceptors (Lipinski definition) is 4. The molecular weight excluding hydrogens is 250 g/mol. The van der Waals surface area contributed by atoms with E-state index in [1.807, 2.05) is 24.5 Å². The van der Waals surface area contributed by atoms with Gasteiger partial charge in [-0.15, -0.1) is 0 Å². The summed E-state index contributed by atoms with van der Waals surface area (Å²) in [5.41, 5.74) is 3.24. The Kier molecular flexibility index (Phi) is 2.42. The first-order valence-electron chi connectivity index (χ1n) is 6.37. The van der Waals surface area contributed by atoms with Crippen molar-refractivity contribution in [1.82, 2.24) is 24.6 Å². The third-order valence-corrected chi connectivity index (χ3v) is 3.28. The van der Waals surface area contributed by atoms with Crippen molar-refractivity contribution >= 4 is 16.7 Å². The molecule has 0 fully saturated rings. The van der Waals surface area contributed by atoms with Crippen LogP contribution in [0, 0.1) is 0 Å². The van der Waals surface area contributed by atoms with E-state index in [2.05, 4.69) is 38.2 Å². The van der Waals surface area contributed by atoms with Crippen LogP contribution in [0.4, 0.5) is 0 Å². The lowest BCUT2D eigenvalue weighted by Crippen LogP contribution is -1.99. The van der Waals surface area contributed by atoms with E-state index in [0.29, 0.717) is 5.78 Å². The highest BCUT2D eigenvalue weighted by Crippen LogP contribution is 2.16. The predicted octanol–water partition coefficient (Wildman–Crippen LogP) is 2.26. The van der Waals surface area contributed by atoms with Gasteiger partial charge < -0.3 is 0 Å². The quantitative estimate of drug-likeness (QED) is 0.555. The Labute approximate surface area is 115 Å². The van der Waals surface area contributed by atoms with Gasteiger partial charge in [-0.05, 0) is 23.8 Å². The van der Waals surface area contributed by atoms with Gasteiger partial charge in [0.1, 0.15) is 0 Å². The molecule has 0 aliphatic heterocycles. The SMILES string of the molecule is c1cnc2ccc(Cc3cnc4nccnn34)cc2c1. The average Bonchev–Trinajstić information content (AvgIpc) is 2.91. The second-order valence-electron chi connectivity index (χ2n) is 4.61. The van der Waals surface area contributed by atoms with Gasteiger partial charge in [0.15, 0.2) is 0 Å². The summed E-state index contributed by atoms with van der Waals surface area (Å²) in [7, 11) is 0. The topological polar surface area (TPSA) is 56.0 Å². The Balaban J connectivity index is 1.76. The maximum atomic E-state index is 4.33. The maximum Gasteiger partial charge on any atom is 0.250 e. The number of pyridine rings is 1. The lowest BCUT2D eigenvalue weighted by Gasteiger charge is -2.03. The highest BCUT2D eigenvalue weighted by atomic mass is 15.3. The second kappa shape index (κ2) is 4.38. The molecule has 0 radical (unpaired) electrons. The minimum atomic E-state index is 0.630. The molecule has 0 atom stereocenters. The molecule has 4 aromatic rings. The summed E-state index contributed by atoms with van der Waals surface area (Å²) in [6.07, 6.45) is 7.71. The molecule has 0 spiro atoms. The van der Waals surface area contributed by atoms with Crippen molar-refractivity contribution < 1.29 is 0 Å². The van der Waals surface area contributed by atoms with Crippen LogP contribution in [0.15, 0.2) is 55.1 Å². The summed E-state index contributed by atoms with van der Waals surface area (Å²) in [5.74, 6) is 0.630. The normalized spacial score (nSPS) is 11.2. The van der Waals surface area contributed by atoms with Crippen molar-refractivity contribution in [2.75, 3.05) is 0 Å². The van der Waals surface area contributed by atoms with E-state index in [4.69, 9.17) is 0 Å². The lowest BCUT2D eigenvalue weighted by atomic mass is 10.1. The number of nitrogens with zero attached hydrogens (tertiary/aromatic N) is 5. The van der Waals surface area contributed by atoms with Crippen LogP contribution in [0.25, 0.3) is 16.7 Å². The molecule has 4 rings (SSSR count). The third-order valence-electron chi connectivity index (χ3n) is 3.28. The van der Waals surface area contributed by atoms with Gasteiger partial charge in [0.05, 0.1) is 29.8 Å². The highest BCUT2D eigenvalue weighted by molar-refractivity contribution is 5.78. The third kappa shape index (κ3) is 1.80. The van der Waals surface area contributed by atoms with Gasteiger partial charge in [0, 0.05) is 18.0 Å². The second-order valence-corrected chi connectivity index (χ2v) is 4.61. The number of benzene rings is 1. The van der Waals surface area contributed by atoms with Crippen LogP contribution < -0.4 is 0 Å². The van der Waals surface area contributed by atoms with Gasteiger partial charge in [0.2, 0.25) is 0 Å². The molecule has 0 N–H and O–H groups in total. The van der Waals surface area contributed by atoms with Crippen LogP contribution >= 0.6 is 0 Å². The Morgan fingerprint density at radius 3 is 2.95 bits per heavy atom. The number of aromatic nitrogens is 5. The highest BCUT2D eigenvalue weighted by Gasteiger charge is 2.06. The summed E-state index contributed by atoms with van der Waals surface area (Å²) in [4.78, 5) is 12.8. The van der Waals surface area contributed by atoms with E-state index in [1.54, 1.807) is 16.9 Å². The molecule has 1 aromatic carbocycles. The van der Waals surface area contributed by atoms with Gasteiger partial charge in [-0.1, -0.05) is 12.1 Å². The van der Waals surface area contributed by atoms with E-state index in [0.717, 1.165) is 23.0 Å². The van der Waals surface area contributed by atoms with Crippen molar-refractivity contribution in [1.29, 1.82) is 0 Å². The number of fused-ring (bicyclic) bond motifs is 2. The zero-order valence-electron chi connectivity index (χ0n) is 10.6. The summed E-state index contributed by atoms with van der Waals surface area (Å²) >= 11 is 0. The molecule has 0 bridgehead atoms. The molecular formula is C15H11N5. The Hall–Kier alpha value is -2.82. The minimum Gasteiger partial charge on any atom is -0.256 e. The van der Waals surface area contributed by atoms with Gasteiger partial charge in [-0.2, -0.15) is 5.10 Å². The Morgan fingerprint density at radius 2 is 1.95 bits per heavy atom. The Morgan fingerprint density at radius 1 is 0.950 bits per heavy atom. The van der Waals surface area contributed by atoms with Gasteiger partial charge >= 0.3 is 0 Å². The van der Waals surface area contributed by atoms with Gasteiger partial charge in [-0.25, -0.2) is 14.5 Å². The number of rotatable bonds is 2. The molecule has 96 valence electrons. The van der Waals surface area contributed by atoms with Crippen molar-refractivity contribution in [3.63, 3.8) is 0 Å². The van der Waals surface area contributed by atoms with E-state index in [-0.39, 0.29) is 0 Å². The maximum absolute atomic E-state index is 4.33. The van der Waals surface area contributed by atoms with Crippen LogP contribution in [0.3, 0.4) is 0 Å². The molecule has 0 aliphatic carbocycles. The minimum absolute atomic E-state index is 0.630. The first-order chi connectivity index (χ1) is 9.90. The molecule has 0 aliphatic rings. The van der Waals surface area contributed by atoms with Gasteiger partial charge in [-0.3, -0.25) is 4.98 Å². The molecule has 0 amide bonds. The summed E-state index contributed by atoms with van der Waals surface area (Å²) in [5, 5.41) is 5.42. The molecule has 0 unspecified atom stereocenters. The molecule has 5 heteroatoms. The smallest absolute Gasteiger partial charge is 0.250 e. The molecule has 3 aromatic heterocycles. The fraction of sp³-hybridized carbons (Fsp3) is 0.0667. The van der Waals surface area contributed by atoms with E-state index < -0.39 is 0 Å². The van der Waals surface area contributed by atoms with Crippen molar-refractivity contribution in [2.45, 2.75) is 6.42 Å². The monoisotopic (exact) mass is 261 g/mol. The van der Waals surface area contributed by atoms with Crippen LogP contribution in [0.5, 0.6) is 0 Å². The standard InChI is InChI=1S/C15H11N5/c1-2-12-8-11(3-4-14(12)16-5-1)9-13-10-18-15-17-6-7-19-20(13)15/h1-8,10H,9H2.